The molecule has 25 heavy (non-hydrogen) atoms. The van der Waals surface area contributed by atoms with Crippen molar-refractivity contribution in [3.05, 3.63) is 28.7 Å². The number of carbonyl (C=O) groups excluding carboxylic acids is 1. The third-order valence-electron chi connectivity index (χ3n) is 4.24. The Morgan fingerprint density at radius 1 is 1.36 bits per heavy atom. The largest absolute Gasteiger partial charge is 0.355 e. The van der Waals surface area contributed by atoms with Crippen LogP contribution in [-0.4, -0.2) is 51.9 Å². The molecule has 6 nitrogen and oxygen atoms in total. The molecule has 1 heterocycles. The molecule has 1 atom stereocenters. The molecule has 1 unspecified atom stereocenters. The number of nitrogens with zero attached hydrogens (tertiary/aromatic N) is 1. The van der Waals surface area contributed by atoms with E-state index in [-0.39, 0.29) is 23.8 Å². The summed E-state index contributed by atoms with van der Waals surface area (Å²) in [6.45, 7) is 5.96. The first-order valence-corrected chi connectivity index (χ1v) is 10.9. The third kappa shape index (κ3) is 7.05. The summed E-state index contributed by atoms with van der Waals surface area (Å²) in [4.78, 5) is 14.4. The smallest absolute Gasteiger partial charge is 0.240 e. The summed E-state index contributed by atoms with van der Waals surface area (Å²) in [6.07, 6.45) is 2.62. The summed E-state index contributed by atoms with van der Waals surface area (Å²) >= 11 is 3.25. The second-order valence-corrected chi connectivity index (χ2v) is 9.19. The minimum absolute atomic E-state index is 0.0848. The van der Waals surface area contributed by atoms with Gasteiger partial charge in [-0.15, -0.1) is 0 Å². The summed E-state index contributed by atoms with van der Waals surface area (Å²) < 4.78 is 27.4. The van der Waals surface area contributed by atoms with Gasteiger partial charge < -0.3 is 10.2 Å². The van der Waals surface area contributed by atoms with Gasteiger partial charge in [-0.25, -0.2) is 13.1 Å². The zero-order chi connectivity index (χ0) is 18.3. The van der Waals surface area contributed by atoms with Crippen molar-refractivity contribution in [1.82, 2.24) is 14.9 Å². The highest BCUT2D eigenvalue weighted by atomic mass is 79.9. The zero-order valence-electron chi connectivity index (χ0n) is 14.5. The Morgan fingerprint density at radius 3 is 2.88 bits per heavy atom. The van der Waals surface area contributed by atoms with Gasteiger partial charge in [-0.3, -0.25) is 4.79 Å². The molecule has 8 heteroatoms. The van der Waals surface area contributed by atoms with Crippen molar-refractivity contribution < 1.29 is 13.2 Å². The summed E-state index contributed by atoms with van der Waals surface area (Å²) in [5.41, 5.74) is 0. The number of hydrogen-bond donors (Lipinski definition) is 2. The van der Waals surface area contributed by atoms with Crippen LogP contribution in [0.1, 0.15) is 26.2 Å². The average molecular weight is 432 g/mol. The summed E-state index contributed by atoms with van der Waals surface area (Å²) in [6, 6.07) is 6.47. The molecule has 0 bridgehead atoms. The lowest BCUT2D eigenvalue weighted by molar-refractivity contribution is -0.121. The Bertz CT molecular complexity index is 681. The molecule has 1 aromatic carbocycles. The fourth-order valence-electron chi connectivity index (χ4n) is 2.95. The van der Waals surface area contributed by atoms with Gasteiger partial charge in [0.05, 0.1) is 4.90 Å². The first kappa shape index (κ1) is 20.4. The molecule has 2 N–H and O–H groups in total. The maximum atomic E-state index is 12.1. The standard InChI is InChI=1S/C17H26BrN3O3S/c1-14-4-3-10-21(13-14)11-9-19-17(22)7-8-20-25(23,24)16-6-2-5-15(18)12-16/h2,5-6,12,14,20H,3-4,7-11,13H2,1H3,(H,19,22). The van der Waals surface area contributed by atoms with Crippen molar-refractivity contribution in [2.75, 3.05) is 32.7 Å². The van der Waals surface area contributed by atoms with E-state index >= 15 is 0 Å². The Hall–Kier alpha value is -0.960. The van der Waals surface area contributed by atoms with E-state index in [4.69, 9.17) is 0 Å². The van der Waals surface area contributed by atoms with Crippen molar-refractivity contribution >= 4 is 31.9 Å². The van der Waals surface area contributed by atoms with E-state index in [0.717, 1.165) is 25.6 Å². The number of amides is 1. The lowest BCUT2D eigenvalue weighted by atomic mass is 10.0. The second kappa shape index (κ2) is 9.66. The van der Waals surface area contributed by atoms with Crippen LogP contribution in [0.3, 0.4) is 0 Å². The van der Waals surface area contributed by atoms with Crippen LogP contribution < -0.4 is 10.0 Å². The Labute approximate surface area is 158 Å². The molecule has 0 aromatic heterocycles. The maximum absolute atomic E-state index is 12.1. The summed E-state index contributed by atoms with van der Waals surface area (Å²) in [7, 11) is -3.59. The van der Waals surface area contributed by atoms with E-state index in [9.17, 15) is 13.2 Å². The lowest BCUT2D eigenvalue weighted by Crippen LogP contribution is -2.40. The van der Waals surface area contributed by atoms with E-state index in [1.807, 2.05) is 0 Å². The SMILES string of the molecule is CC1CCCN(CCNC(=O)CCNS(=O)(=O)c2cccc(Br)c2)C1. The Kier molecular flexibility index (Phi) is 7.86. The van der Waals surface area contributed by atoms with Crippen LogP contribution in [0.2, 0.25) is 0 Å². The van der Waals surface area contributed by atoms with Crippen molar-refractivity contribution in [3.8, 4) is 0 Å². The van der Waals surface area contributed by atoms with E-state index in [1.165, 1.54) is 25.0 Å². The molecule has 140 valence electrons. The van der Waals surface area contributed by atoms with E-state index in [2.05, 4.69) is 37.8 Å². The van der Waals surface area contributed by atoms with Crippen molar-refractivity contribution in [3.63, 3.8) is 0 Å². The fraction of sp³-hybridized carbons (Fsp3) is 0.588. The van der Waals surface area contributed by atoms with Crippen molar-refractivity contribution in [1.29, 1.82) is 0 Å². The molecule has 1 aliphatic heterocycles. The molecule has 0 spiro atoms. The molecular weight excluding hydrogens is 406 g/mol. The second-order valence-electron chi connectivity index (χ2n) is 6.50. The number of halogens is 1. The molecule has 1 saturated heterocycles. The van der Waals surface area contributed by atoms with Crippen molar-refractivity contribution in [2.45, 2.75) is 31.1 Å². The number of rotatable bonds is 8. The molecular formula is C17H26BrN3O3S. The molecule has 2 rings (SSSR count). The number of hydrogen-bond acceptors (Lipinski definition) is 4. The topological polar surface area (TPSA) is 78.5 Å². The van der Waals surface area contributed by atoms with Gasteiger partial charge in [-0.05, 0) is 43.5 Å². The summed E-state index contributed by atoms with van der Waals surface area (Å²) in [5.74, 6) is 0.582. The number of nitrogens with one attached hydrogen (secondary N) is 2. The molecule has 1 amide bonds. The molecule has 1 aromatic rings. The van der Waals surface area contributed by atoms with Crippen LogP contribution in [0.25, 0.3) is 0 Å². The van der Waals surface area contributed by atoms with Gasteiger partial charge in [0.1, 0.15) is 0 Å². The molecule has 0 radical (unpaired) electrons. The first-order chi connectivity index (χ1) is 11.9. The van der Waals surface area contributed by atoms with Gasteiger partial charge in [0.25, 0.3) is 0 Å². The quantitative estimate of drug-likeness (QED) is 0.659. The zero-order valence-corrected chi connectivity index (χ0v) is 16.9. The van der Waals surface area contributed by atoms with Crippen LogP contribution in [0.4, 0.5) is 0 Å². The van der Waals surface area contributed by atoms with Gasteiger partial charge >= 0.3 is 0 Å². The predicted octanol–water partition coefficient (Wildman–Crippen LogP) is 1.97. The van der Waals surface area contributed by atoms with E-state index in [0.29, 0.717) is 11.0 Å². The van der Waals surface area contributed by atoms with Crippen LogP contribution in [0, 0.1) is 5.92 Å². The molecule has 1 fully saturated rings. The van der Waals surface area contributed by atoms with E-state index < -0.39 is 10.0 Å². The monoisotopic (exact) mass is 431 g/mol. The van der Waals surface area contributed by atoms with Gasteiger partial charge in [0.2, 0.25) is 15.9 Å². The molecule has 0 aliphatic carbocycles. The number of carbonyl (C=O) groups is 1. The fourth-order valence-corrected chi connectivity index (χ4v) is 4.58. The highest BCUT2D eigenvalue weighted by Gasteiger charge is 2.16. The number of benzene rings is 1. The van der Waals surface area contributed by atoms with E-state index in [1.54, 1.807) is 12.1 Å². The number of piperidine rings is 1. The Morgan fingerprint density at radius 2 is 2.16 bits per heavy atom. The number of sulfonamides is 1. The lowest BCUT2D eigenvalue weighted by Gasteiger charge is -2.30. The average Bonchev–Trinajstić information content (AvgIpc) is 2.55. The van der Waals surface area contributed by atoms with Crippen molar-refractivity contribution in [2.24, 2.45) is 5.92 Å². The third-order valence-corrected chi connectivity index (χ3v) is 6.19. The van der Waals surface area contributed by atoms with Gasteiger partial charge in [0, 0.05) is 37.1 Å². The minimum atomic E-state index is -3.59. The predicted molar refractivity (Wildman–Crippen MR) is 102 cm³/mol. The van der Waals surface area contributed by atoms with Crippen LogP contribution in [0.15, 0.2) is 33.6 Å². The van der Waals surface area contributed by atoms with Crippen LogP contribution >= 0.6 is 15.9 Å². The number of likely N-dealkylation sites (tertiary alicyclic amines) is 1. The molecule has 1 aliphatic rings. The summed E-state index contributed by atoms with van der Waals surface area (Å²) in [5, 5.41) is 2.86. The minimum Gasteiger partial charge on any atom is -0.355 e. The normalized spacial score (nSPS) is 18.9. The molecule has 0 saturated carbocycles. The van der Waals surface area contributed by atoms with Gasteiger partial charge in [-0.2, -0.15) is 0 Å². The first-order valence-electron chi connectivity index (χ1n) is 8.61. The van der Waals surface area contributed by atoms with Gasteiger partial charge in [0.15, 0.2) is 0 Å². The Balaban J connectivity index is 1.66. The highest BCUT2D eigenvalue weighted by Crippen LogP contribution is 2.16. The maximum Gasteiger partial charge on any atom is 0.240 e. The van der Waals surface area contributed by atoms with Crippen LogP contribution in [-0.2, 0) is 14.8 Å². The van der Waals surface area contributed by atoms with Crippen LogP contribution in [0.5, 0.6) is 0 Å². The highest BCUT2D eigenvalue weighted by molar-refractivity contribution is 9.10. The van der Waals surface area contributed by atoms with Gasteiger partial charge in [-0.1, -0.05) is 28.9 Å².